The van der Waals surface area contributed by atoms with Gasteiger partial charge in [0.05, 0.1) is 31.7 Å². The number of phenols is 1. The molecular weight excluding hydrogens is 957 g/mol. The molecule has 3 heterocycles. The summed E-state index contributed by atoms with van der Waals surface area (Å²) < 4.78 is 5.59. The van der Waals surface area contributed by atoms with Gasteiger partial charge in [0.1, 0.15) is 17.4 Å². The molecule has 6 aliphatic rings. The SMILES string of the molecule is CC[C@@H]1CC[C@@H]2CCCC[C@@]23c2cc(c[nH]2)[C@@H](C)CNC[C@H](O)Cc2ccc4ccc(cc4c2)NC2=CC(=CCN2)C[C@H]2C[C@H](C[C@H]4C(=O)CC(=O)CCc5cc(OC)c(O)cc5[C@@H](c5ccccc5)C#C[C@H]4C2)[C@H]1[C@@H]3O. The van der Waals surface area contributed by atoms with Crippen LogP contribution in [0.15, 0.2) is 115 Å². The smallest absolute Gasteiger partial charge is 0.160 e. The molecule has 12 atom stereocenters. The average molecular weight is 1040 g/mol. The number of carbonyl (C=O) groups excluding carboxylic acids is 2. The lowest BCUT2D eigenvalue weighted by Crippen LogP contribution is -2.52. The number of benzene rings is 4. The van der Waals surface area contributed by atoms with Crippen molar-refractivity contribution >= 4 is 28.0 Å². The van der Waals surface area contributed by atoms with Crippen LogP contribution in [0, 0.1) is 53.3 Å². The van der Waals surface area contributed by atoms with Crippen molar-refractivity contribution < 1.29 is 29.6 Å². The second kappa shape index (κ2) is 23.1. The average Bonchev–Trinajstić information content (AvgIpc) is 3.96. The maximum Gasteiger partial charge on any atom is 0.160 e. The van der Waals surface area contributed by atoms with Crippen molar-refractivity contribution in [3.8, 4) is 23.3 Å². The number of Topliss-reactive ketones (excluding diaryl/α,β-unsaturated/α-hetero) is 2. The summed E-state index contributed by atoms with van der Waals surface area (Å²) in [4.78, 5) is 33.4. The highest BCUT2D eigenvalue weighted by Crippen LogP contribution is 2.57. The molecule has 0 unspecified atom stereocenters. The molecule has 11 bridgehead atoms. The predicted octanol–water partition coefficient (Wildman–Crippen LogP) is 11.5. The number of nitrogens with one attached hydrogen (secondary N) is 4. The zero-order valence-corrected chi connectivity index (χ0v) is 45.5. The predicted molar refractivity (Wildman–Crippen MR) is 306 cm³/mol. The molecule has 2 aliphatic heterocycles. The molecule has 7 N–H and O–H groups in total. The van der Waals surface area contributed by atoms with Crippen molar-refractivity contribution in [2.75, 3.05) is 32.1 Å². The second-order valence-corrected chi connectivity index (χ2v) is 24.0. The van der Waals surface area contributed by atoms with Gasteiger partial charge < -0.3 is 41.0 Å². The number of aromatic nitrogens is 1. The molecule has 77 heavy (non-hydrogen) atoms. The maximum atomic E-state index is 15.3. The van der Waals surface area contributed by atoms with Gasteiger partial charge in [0, 0.05) is 60.9 Å². The summed E-state index contributed by atoms with van der Waals surface area (Å²) in [7, 11) is 1.53. The van der Waals surface area contributed by atoms with Gasteiger partial charge in [0.2, 0.25) is 0 Å². The third-order valence-electron chi connectivity index (χ3n) is 19.3. The summed E-state index contributed by atoms with van der Waals surface area (Å²) in [6, 6.07) is 29.1. The Morgan fingerprint density at radius 2 is 1.70 bits per heavy atom. The molecule has 4 aliphatic carbocycles. The van der Waals surface area contributed by atoms with Crippen molar-refractivity contribution in [2.24, 2.45) is 41.4 Å². The minimum absolute atomic E-state index is 0.00108. The van der Waals surface area contributed by atoms with Crippen LogP contribution in [-0.2, 0) is 27.8 Å². The summed E-state index contributed by atoms with van der Waals surface area (Å²) in [6.45, 7) is 6.40. The van der Waals surface area contributed by atoms with Crippen LogP contribution >= 0.6 is 0 Å². The molecule has 11 rings (SSSR count). The molecular formula is C67H80N4O6. The van der Waals surface area contributed by atoms with Gasteiger partial charge >= 0.3 is 0 Å². The van der Waals surface area contributed by atoms with E-state index >= 15 is 4.79 Å². The first kappa shape index (κ1) is 52.9. The van der Waals surface area contributed by atoms with Crippen molar-refractivity contribution in [3.63, 3.8) is 0 Å². The number of aromatic amines is 1. The lowest BCUT2D eigenvalue weighted by atomic mass is 9.57. The largest absolute Gasteiger partial charge is 0.504 e. The Hall–Kier alpha value is -6.12. The van der Waals surface area contributed by atoms with E-state index in [-0.39, 0.29) is 65.7 Å². The van der Waals surface area contributed by atoms with Crippen LogP contribution in [0.5, 0.6) is 11.5 Å². The van der Waals surface area contributed by atoms with E-state index in [4.69, 9.17) is 4.74 Å². The van der Waals surface area contributed by atoms with Crippen molar-refractivity contribution in [2.45, 2.75) is 140 Å². The zero-order valence-electron chi connectivity index (χ0n) is 45.5. The van der Waals surface area contributed by atoms with Crippen molar-refractivity contribution in [1.82, 2.24) is 15.6 Å². The molecule has 4 aromatic carbocycles. The highest BCUT2D eigenvalue weighted by molar-refractivity contribution is 6.00. The molecule has 3 saturated carbocycles. The van der Waals surface area contributed by atoms with Gasteiger partial charge in [-0.3, -0.25) is 9.59 Å². The molecule has 1 spiro atoms. The fourth-order valence-corrected chi connectivity index (χ4v) is 15.4. The van der Waals surface area contributed by atoms with Crippen LogP contribution in [0.4, 0.5) is 5.69 Å². The molecule has 1 aromatic heterocycles. The summed E-state index contributed by atoms with van der Waals surface area (Å²) in [5.41, 5.74) is 7.86. The third kappa shape index (κ3) is 11.2. The van der Waals surface area contributed by atoms with E-state index in [1.165, 1.54) is 18.2 Å². The number of dihydropyridines is 1. The van der Waals surface area contributed by atoms with Gasteiger partial charge in [-0.05, 0) is 180 Å². The first-order chi connectivity index (χ1) is 37.5. The number of anilines is 1. The Balaban J connectivity index is 1.04. The summed E-state index contributed by atoms with van der Waals surface area (Å²) in [6.07, 6.45) is 16.6. The second-order valence-electron chi connectivity index (χ2n) is 24.0. The van der Waals surface area contributed by atoms with Gasteiger partial charge in [0.15, 0.2) is 11.5 Å². The Labute approximate surface area is 456 Å². The minimum atomic E-state index is -0.645. The number of aliphatic hydroxyl groups excluding tert-OH is 2. The molecule has 10 heteroatoms. The van der Waals surface area contributed by atoms with Gasteiger partial charge in [0.25, 0.3) is 0 Å². The number of carbonyl (C=O) groups is 2. The highest BCUT2D eigenvalue weighted by Gasteiger charge is 2.56. The van der Waals surface area contributed by atoms with E-state index in [9.17, 15) is 20.1 Å². The number of methoxy groups -OCH3 is 1. The normalized spacial score (nSPS) is 31.2. The Morgan fingerprint density at radius 3 is 2.55 bits per heavy atom. The minimum Gasteiger partial charge on any atom is -0.504 e. The number of ether oxygens (including phenoxy) is 1. The Bertz CT molecular complexity index is 3070. The van der Waals surface area contributed by atoms with E-state index in [0.29, 0.717) is 57.0 Å². The van der Waals surface area contributed by atoms with Crippen LogP contribution in [0.25, 0.3) is 10.8 Å². The summed E-state index contributed by atoms with van der Waals surface area (Å²) in [5.74, 6) is 8.32. The van der Waals surface area contributed by atoms with Crippen molar-refractivity contribution in [3.05, 3.63) is 148 Å². The lowest BCUT2D eigenvalue weighted by Gasteiger charge is -2.50. The van der Waals surface area contributed by atoms with E-state index in [1.54, 1.807) is 6.07 Å². The monoisotopic (exact) mass is 1040 g/mol. The van der Waals surface area contributed by atoms with E-state index in [1.807, 2.05) is 24.3 Å². The maximum absolute atomic E-state index is 15.3. The molecule has 0 amide bonds. The van der Waals surface area contributed by atoms with Crippen LogP contribution in [0.1, 0.15) is 143 Å². The third-order valence-corrected chi connectivity index (χ3v) is 19.3. The van der Waals surface area contributed by atoms with Crippen LogP contribution in [0.2, 0.25) is 0 Å². The first-order valence-corrected chi connectivity index (χ1v) is 29.2. The topological polar surface area (TPSA) is 156 Å². The standard InChI is InChI=1S/C67H80N4O6/c1-4-45-15-19-53-12-8-9-24-67(53)63-35-52(39-70-63)41(2)38-68-40-56(73)30-42-13-14-46-16-20-54(32-50(46)27-42)71-64-31-43(23-25-69-64)26-44-28-48-18-22-57(47-10-6-5-7-11-47)58-37-61(75)62(77-3)34-49(58)17-21-55(72)36-60(74)59(48)33-51(29-44)65(45)66(67)76/h5-7,10-11,13-14,16,20,23,27,31-32,34-35,37,39,41,44-45,48,51,53,56-57,59,65-66,68-71,73,75-76H,4,8-9,12,15,17,19,21,24-26,28-30,33,36,38,40H2,1-3H3/t41-,44+,45+,48-,51+,53-,56+,57+,59+,65-,66-,67-/m0/s1. The van der Waals surface area contributed by atoms with Crippen LogP contribution in [0.3, 0.4) is 0 Å². The van der Waals surface area contributed by atoms with Crippen LogP contribution < -0.4 is 20.7 Å². The number of H-pyrrole nitrogens is 1. The fraction of sp³-hybridized carbons (Fsp3) is 0.493. The van der Waals surface area contributed by atoms with Crippen molar-refractivity contribution in [1.29, 1.82) is 0 Å². The highest BCUT2D eigenvalue weighted by atomic mass is 16.5. The summed E-state index contributed by atoms with van der Waals surface area (Å²) >= 11 is 0. The number of aliphatic hydroxyl groups is 2. The van der Waals surface area contributed by atoms with Gasteiger partial charge in [-0.2, -0.15) is 0 Å². The number of allylic oxidation sites excluding steroid dienone is 2. The number of ketones is 2. The molecule has 0 saturated heterocycles. The van der Waals surface area contributed by atoms with E-state index in [0.717, 1.165) is 108 Å². The quantitative estimate of drug-likeness (QED) is 0.0691. The molecule has 0 radical (unpaired) electrons. The summed E-state index contributed by atoms with van der Waals surface area (Å²) in [5, 5.41) is 49.6. The molecule has 3 fully saturated rings. The van der Waals surface area contributed by atoms with Gasteiger partial charge in [-0.1, -0.05) is 106 Å². The molecule has 10 nitrogen and oxygen atoms in total. The van der Waals surface area contributed by atoms with E-state index < -0.39 is 29.5 Å². The number of β-amino-alcohol motifs (C(OH)–C–C–N with tert-alkyl or cyclic N) is 1. The Kier molecular flexibility index (Phi) is 15.9. The van der Waals surface area contributed by atoms with Crippen LogP contribution in [-0.4, -0.2) is 70.8 Å². The first-order valence-electron chi connectivity index (χ1n) is 29.2. The Morgan fingerprint density at radius 1 is 0.844 bits per heavy atom. The number of rotatable bonds is 3. The number of aromatic hydroxyl groups is 1. The number of aryl methyl sites for hydroxylation is 1. The number of hydrogen-bond donors (Lipinski definition) is 7. The number of phenolic OH excluding ortho intramolecular Hbond substituents is 1. The number of fused-ring (bicyclic) bond motifs is 11. The van der Waals surface area contributed by atoms with E-state index in [2.05, 4.69) is 120 Å². The van der Waals surface area contributed by atoms with Gasteiger partial charge in [-0.15, -0.1) is 0 Å². The lowest BCUT2D eigenvalue weighted by molar-refractivity contribution is -0.130. The zero-order chi connectivity index (χ0) is 53.2. The molecule has 5 aromatic rings. The molecule has 404 valence electrons. The fourth-order valence-electron chi connectivity index (χ4n) is 15.4. The number of hydrogen-bond acceptors (Lipinski definition) is 9. The van der Waals surface area contributed by atoms with Gasteiger partial charge in [-0.25, -0.2) is 0 Å².